The molecule has 12 nitrogen and oxygen atoms in total. The van der Waals surface area contributed by atoms with Crippen LogP contribution in [0.1, 0.15) is 30.6 Å². The third-order valence-corrected chi connectivity index (χ3v) is 5.96. The minimum Gasteiger partial charge on any atom is -0.496 e. The minimum absolute atomic E-state index is 0.119. The van der Waals surface area contributed by atoms with E-state index < -0.39 is 35.5 Å². The van der Waals surface area contributed by atoms with E-state index in [0.29, 0.717) is 40.0 Å². The molecule has 3 aromatic rings. The van der Waals surface area contributed by atoms with Crippen molar-refractivity contribution in [3.8, 4) is 17.1 Å². The topological polar surface area (TPSA) is 181 Å². The smallest absolute Gasteiger partial charge is 0.490 e. The number of carbonyl (C=O) groups is 4. The number of benzene rings is 1. The van der Waals surface area contributed by atoms with Crippen molar-refractivity contribution < 1.29 is 51.7 Å². The Labute approximate surface area is 235 Å². The lowest BCUT2D eigenvalue weighted by atomic mass is 10.0. The van der Waals surface area contributed by atoms with Gasteiger partial charge in [0.05, 0.1) is 29.5 Å². The summed E-state index contributed by atoms with van der Waals surface area (Å²) >= 11 is 1.43. The Bertz CT molecular complexity index is 1360. The first-order valence-corrected chi connectivity index (χ1v) is 12.4. The van der Waals surface area contributed by atoms with Crippen molar-refractivity contribution in [1.29, 1.82) is 0 Å². The number of ether oxygens (including phenoxy) is 1. The molecule has 0 atom stereocenters. The van der Waals surface area contributed by atoms with Crippen LogP contribution in [0.4, 0.5) is 18.9 Å². The second kappa shape index (κ2) is 14.2. The molecule has 0 radical (unpaired) electrons. The molecule has 0 fully saturated rings. The molecule has 220 valence electrons. The predicted molar refractivity (Wildman–Crippen MR) is 140 cm³/mol. The van der Waals surface area contributed by atoms with E-state index in [2.05, 4.69) is 20.6 Å². The Balaban J connectivity index is 0.000000745. The fraction of sp³-hybridized carbons (Fsp3) is 0.280. The number of carbonyl (C=O) groups excluding carboxylic acids is 2. The molecule has 3 rings (SSSR count). The number of carboxylic acids is 2. The first kappa shape index (κ1) is 32.6. The van der Waals surface area contributed by atoms with Gasteiger partial charge in [0.1, 0.15) is 5.75 Å². The molecule has 0 saturated carbocycles. The molecule has 2 aromatic heterocycles. The summed E-state index contributed by atoms with van der Waals surface area (Å²) in [7, 11) is 1.49. The van der Waals surface area contributed by atoms with Crippen molar-refractivity contribution in [2.75, 3.05) is 18.2 Å². The highest BCUT2D eigenvalue weighted by atomic mass is 32.2. The number of oxazole rings is 1. The number of carboxylic acid groups (broad SMARTS) is 2. The molecular formula is C25H25F3N4O8S. The lowest BCUT2D eigenvalue weighted by Gasteiger charge is -2.25. The number of aromatic carboxylic acids is 1. The summed E-state index contributed by atoms with van der Waals surface area (Å²) < 4.78 is 42.4. The summed E-state index contributed by atoms with van der Waals surface area (Å²) in [4.78, 5) is 52.7. The zero-order valence-electron chi connectivity index (χ0n) is 21.8. The van der Waals surface area contributed by atoms with E-state index in [1.54, 1.807) is 30.5 Å². The fourth-order valence-corrected chi connectivity index (χ4v) is 4.05. The minimum atomic E-state index is -5.08. The van der Waals surface area contributed by atoms with Gasteiger partial charge in [0.2, 0.25) is 0 Å². The van der Waals surface area contributed by atoms with Crippen LogP contribution in [0.3, 0.4) is 0 Å². The van der Waals surface area contributed by atoms with Gasteiger partial charge in [-0.15, -0.1) is 11.8 Å². The van der Waals surface area contributed by atoms with E-state index >= 15 is 0 Å². The van der Waals surface area contributed by atoms with Gasteiger partial charge in [0, 0.05) is 29.2 Å². The van der Waals surface area contributed by atoms with Crippen molar-refractivity contribution >= 4 is 41.2 Å². The zero-order chi connectivity index (χ0) is 30.8. The first-order chi connectivity index (χ1) is 19.1. The van der Waals surface area contributed by atoms with Gasteiger partial charge >= 0.3 is 29.9 Å². The van der Waals surface area contributed by atoms with Crippen molar-refractivity contribution in [1.82, 2.24) is 15.3 Å². The van der Waals surface area contributed by atoms with E-state index in [9.17, 15) is 27.6 Å². The Morgan fingerprint density at radius 1 is 1.05 bits per heavy atom. The molecule has 0 aliphatic rings. The molecule has 41 heavy (non-hydrogen) atoms. The molecule has 0 aliphatic carbocycles. The van der Waals surface area contributed by atoms with Crippen LogP contribution in [0.25, 0.3) is 11.3 Å². The van der Waals surface area contributed by atoms with E-state index in [1.807, 2.05) is 13.8 Å². The Morgan fingerprint density at radius 2 is 1.73 bits per heavy atom. The molecule has 0 unspecified atom stereocenters. The summed E-state index contributed by atoms with van der Waals surface area (Å²) in [6, 6.07) is 8.05. The second-order valence-electron chi connectivity index (χ2n) is 8.66. The number of halogens is 3. The number of aliphatic carboxylic acids is 1. The molecule has 2 heterocycles. The second-order valence-corrected chi connectivity index (χ2v) is 9.78. The SMILES string of the molecule is COc1cc(NC(=O)C(=O)NC(C)(C)CCSc2ccc(C(=O)O)cn2)ccc1-c1cnco1.O=C(O)C(F)(F)F. The summed E-state index contributed by atoms with van der Waals surface area (Å²) in [5, 5.41) is 22.0. The summed E-state index contributed by atoms with van der Waals surface area (Å²) in [6.07, 6.45) is -0.376. The average Bonchev–Trinajstić information content (AvgIpc) is 3.43. The fourth-order valence-electron chi connectivity index (χ4n) is 2.94. The maximum absolute atomic E-state index is 12.5. The number of thioether (sulfide) groups is 1. The third kappa shape index (κ3) is 10.5. The predicted octanol–water partition coefficient (Wildman–Crippen LogP) is 4.09. The van der Waals surface area contributed by atoms with E-state index in [-0.39, 0.29) is 5.56 Å². The standard InChI is InChI=1S/C23H24N4O6S.C2HF3O2/c1-23(2,8-9-34-19-7-4-14(11-25-19)22(30)31)27-21(29)20(28)26-15-5-6-16(17(10-15)32-3)18-12-24-13-33-18;3-2(4,5)1(6)7/h4-7,10-13H,8-9H2,1-3H3,(H,26,28)(H,27,29)(H,30,31);(H,6,7). The summed E-state index contributed by atoms with van der Waals surface area (Å²) in [5.74, 6) is -3.78. The molecule has 16 heteroatoms. The van der Waals surface area contributed by atoms with Gasteiger partial charge in [-0.25, -0.2) is 19.6 Å². The lowest BCUT2D eigenvalue weighted by molar-refractivity contribution is -0.192. The number of rotatable bonds is 9. The van der Waals surface area contributed by atoms with Crippen molar-refractivity contribution in [2.45, 2.75) is 37.0 Å². The normalized spacial score (nSPS) is 11.1. The van der Waals surface area contributed by atoms with Crippen LogP contribution in [-0.2, 0) is 14.4 Å². The quantitative estimate of drug-likeness (QED) is 0.206. The number of amides is 2. The number of hydrogen-bond donors (Lipinski definition) is 4. The third-order valence-electron chi connectivity index (χ3n) is 5.02. The molecule has 2 amide bonds. The summed E-state index contributed by atoms with van der Waals surface area (Å²) in [6.45, 7) is 3.63. The molecular weight excluding hydrogens is 573 g/mol. The van der Waals surface area contributed by atoms with Crippen LogP contribution >= 0.6 is 11.8 Å². The molecule has 0 spiro atoms. The van der Waals surface area contributed by atoms with E-state index in [0.717, 1.165) is 0 Å². The maximum Gasteiger partial charge on any atom is 0.490 e. The van der Waals surface area contributed by atoms with Crippen LogP contribution in [-0.4, -0.2) is 68.5 Å². The van der Waals surface area contributed by atoms with Gasteiger partial charge in [-0.2, -0.15) is 13.2 Å². The Morgan fingerprint density at radius 3 is 2.24 bits per heavy atom. The van der Waals surface area contributed by atoms with Gasteiger partial charge in [0.15, 0.2) is 12.2 Å². The Kier molecular flexibility index (Phi) is 11.3. The largest absolute Gasteiger partial charge is 0.496 e. The molecule has 0 bridgehead atoms. The van der Waals surface area contributed by atoms with Gasteiger partial charge in [-0.1, -0.05) is 0 Å². The number of nitrogens with one attached hydrogen (secondary N) is 2. The van der Waals surface area contributed by atoms with E-state index in [4.69, 9.17) is 24.2 Å². The lowest BCUT2D eigenvalue weighted by Crippen LogP contribution is -2.48. The van der Waals surface area contributed by atoms with E-state index in [1.165, 1.54) is 37.5 Å². The van der Waals surface area contributed by atoms with Crippen LogP contribution in [0.15, 0.2) is 58.6 Å². The monoisotopic (exact) mass is 598 g/mol. The van der Waals surface area contributed by atoms with Gasteiger partial charge < -0.3 is 30.0 Å². The van der Waals surface area contributed by atoms with Crippen LogP contribution in [0.5, 0.6) is 5.75 Å². The molecule has 0 aliphatic heterocycles. The van der Waals surface area contributed by atoms with Crippen molar-refractivity contribution in [3.63, 3.8) is 0 Å². The number of aromatic nitrogens is 2. The molecule has 0 saturated heterocycles. The number of alkyl halides is 3. The highest BCUT2D eigenvalue weighted by Gasteiger charge is 2.38. The number of hydrogen-bond acceptors (Lipinski definition) is 9. The molecule has 1 aromatic carbocycles. The summed E-state index contributed by atoms with van der Waals surface area (Å²) in [5.41, 5.74) is 0.516. The van der Waals surface area contributed by atoms with Gasteiger partial charge in [0.25, 0.3) is 0 Å². The average molecular weight is 599 g/mol. The van der Waals surface area contributed by atoms with Crippen LogP contribution in [0.2, 0.25) is 0 Å². The van der Waals surface area contributed by atoms with Gasteiger partial charge in [-0.3, -0.25) is 9.59 Å². The number of pyridine rings is 1. The van der Waals surface area contributed by atoms with Crippen LogP contribution in [0, 0.1) is 0 Å². The Hall–Kier alpha value is -4.60. The molecule has 4 N–H and O–H groups in total. The van der Waals surface area contributed by atoms with Crippen LogP contribution < -0.4 is 15.4 Å². The highest BCUT2D eigenvalue weighted by Crippen LogP contribution is 2.32. The number of nitrogens with zero attached hydrogens (tertiary/aromatic N) is 2. The maximum atomic E-state index is 12.5. The zero-order valence-corrected chi connectivity index (χ0v) is 22.6. The van der Waals surface area contributed by atoms with Gasteiger partial charge in [-0.05, 0) is 44.5 Å². The first-order valence-electron chi connectivity index (χ1n) is 11.5. The highest BCUT2D eigenvalue weighted by molar-refractivity contribution is 7.99. The van der Waals surface area contributed by atoms with Crippen molar-refractivity contribution in [2.24, 2.45) is 0 Å². The number of methoxy groups -OCH3 is 1. The van der Waals surface area contributed by atoms with Crippen molar-refractivity contribution in [3.05, 3.63) is 54.7 Å². The number of anilines is 1.